The highest BCUT2D eigenvalue weighted by Gasteiger charge is 2.46. The van der Waals surface area contributed by atoms with Crippen LogP contribution in [0.25, 0.3) is 5.69 Å². The molecular formula is C18H22FN3O2. The van der Waals surface area contributed by atoms with Crippen LogP contribution in [-0.4, -0.2) is 46.5 Å². The molecule has 5 nitrogen and oxygen atoms in total. The molecule has 0 spiro atoms. The van der Waals surface area contributed by atoms with Crippen molar-refractivity contribution in [1.82, 2.24) is 14.7 Å². The van der Waals surface area contributed by atoms with Crippen molar-refractivity contribution in [3.63, 3.8) is 0 Å². The number of para-hydroxylation sites is 1. The number of likely N-dealkylation sites (tertiary alicyclic amines) is 1. The third kappa shape index (κ3) is 2.94. The maximum Gasteiger partial charge on any atom is 0.345 e. The summed E-state index contributed by atoms with van der Waals surface area (Å²) in [5, 5.41) is 4.61. The minimum atomic E-state index is -1.90. The van der Waals surface area contributed by atoms with E-state index in [9.17, 15) is 9.18 Å². The zero-order chi connectivity index (χ0) is 17.3. The van der Waals surface area contributed by atoms with Crippen LogP contribution in [0.1, 0.15) is 23.4 Å². The molecule has 2 aromatic rings. The third-order valence-corrected chi connectivity index (χ3v) is 4.67. The lowest BCUT2D eigenvalue weighted by molar-refractivity contribution is -0.153. The quantitative estimate of drug-likeness (QED) is 0.808. The molecule has 1 fully saturated rings. The molecule has 1 aromatic heterocycles. The van der Waals surface area contributed by atoms with E-state index in [1.54, 1.807) is 0 Å². The number of ether oxygens (including phenoxy) is 1. The number of hydrogen-bond acceptors (Lipinski definition) is 4. The van der Waals surface area contributed by atoms with Crippen LogP contribution in [0.5, 0.6) is 0 Å². The fourth-order valence-electron chi connectivity index (χ4n) is 3.28. The number of rotatable bonds is 4. The van der Waals surface area contributed by atoms with Gasteiger partial charge in [0.2, 0.25) is 5.67 Å². The molecule has 1 saturated heterocycles. The van der Waals surface area contributed by atoms with Crippen molar-refractivity contribution in [2.75, 3.05) is 20.2 Å². The Balaban J connectivity index is 1.80. The van der Waals surface area contributed by atoms with Crippen molar-refractivity contribution in [1.29, 1.82) is 0 Å². The predicted molar refractivity (Wildman–Crippen MR) is 88.8 cm³/mol. The van der Waals surface area contributed by atoms with Gasteiger partial charge in [-0.3, -0.25) is 4.90 Å². The monoisotopic (exact) mass is 331 g/mol. The van der Waals surface area contributed by atoms with Gasteiger partial charge in [0.1, 0.15) is 0 Å². The molecule has 6 heteroatoms. The van der Waals surface area contributed by atoms with Gasteiger partial charge < -0.3 is 4.74 Å². The van der Waals surface area contributed by atoms with Crippen LogP contribution in [-0.2, 0) is 16.1 Å². The zero-order valence-electron chi connectivity index (χ0n) is 14.3. The molecule has 3 rings (SSSR count). The van der Waals surface area contributed by atoms with Crippen LogP contribution in [0.3, 0.4) is 0 Å². The Kier molecular flexibility index (Phi) is 4.41. The number of carbonyl (C=O) groups is 1. The molecule has 0 amide bonds. The largest absolute Gasteiger partial charge is 0.467 e. The Labute approximate surface area is 141 Å². The zero-order valence-corrected chi connectivity index (χ0v) is 14.3. The topological polar surface area (TPSA) is 47.4 Å². The maximum atomic E-state index is 14.6. The summed E-state index contributed by atoms with van der Waals surface area (Å²) < 4.78 is 21.1. The molecule has 1 aromatic carbocycles. The molecule has 1 aliphatic rings. The van der Waals surface area contributed by atoms with Crippen molar-refractivity contribution >= 4 is 5.97 Å². The van der Waals surface area contributed by atoms with Gasteiger partial charge in [0, 0.05) is 37.3 Å². The number of carbonyl (C=O) groups excluding carboxylic acids is 1. The summed E-state index contributed by atoms with van der Waals surface area (Å²) in [4.78, 5) is 13.6. The van der Waals surface area contributed by atoms with Gasteiger partial charge in [0.25, 0.3) is 0 Å². The Morgan fingerprint density at radius 2 is 2.04 bits per heavy atom. The average molecular weight is 331 g/mol. The Morgan fingerprint density at radius 1 is 1.33 bits per heavy atom. The Morgan fingerprint density at radius 3 is 2.71 bits per heavy atom. The number of hydrogen-bond donors (Lipinski definition) is 0. The van der Waals surface area contributed by atoms with E-state index in [0.29, 0.717) is 13.1 Å². The van der Waals surface area contributed by atoms with Gasteiger partial charge in [0.15, 0.2) is 0 Å². The van der Waals surface area contributed by atoms with Crippen molar-refractivity contribution < 1.29 is 13.9 Å². The molecular weight excluding hydrogens is 309 g/mol. The second-order valence-electron chi connectivity index (χ2n) is 6.31. The van der Waals surface area contributed by atoms with E-state index in [1.165, 1.54) is 7.11 Å². The SMILES string of the molecule is COC(=O)[C@]1(F)CCN(Cc2c(C)nn(-c3ccccc3)c2C)C1. The van der Waals surface area contributed by atoms with Gasteiger partial charge in [-0.05, 0) is 26.0 Å². The maximum absolute atomic E-state index is 14.6. The number of methoxy groups -OCH3 is 1. The van der Waals surface area contributed by atoms with Gasteiger partial charge in [-0.15, -0.1) is 0 Å². The van der Waals surface area contributed by atoms with Crippen LogP contribution in [0.15, 0.2) is 30.3 Å². The third-order valence-electron chi connectivity index (χ3n) is 4.67. The van der Waals surface area contributed by atoms with E-state index in [-0.39, 0.29) is 13.0 Å². The summed E-state index contributed by atoms with van der Waals surface area (Å²) in [6.07, 6.45) is 0.171. The standard InChI is InChI=1S/C18H22FN3O2/c1-13-16(11-21-10-9-18(19,12-21)17(23)24-3)14(2)22(20-13)15-7-5-4-6-8-15/h4-8H,9-12H2,1-3H3/t18-/m0/s1. The number of aryl methyl sites for hydroxylation is 1. The summed E-state index contributed by atoms with van der Waals surface area (Å²) in [5.41, 5.74) is 2.14. The van der Waals surface area contributed by atoms with Gasteiger partial charge in [0.05, 0.1) is 18.5 Å². The molecule has 0 N–H and O–H groups in total. The summed E-state index contributed by atoms with van der Waals surface area (Å²) in [6.45, 7) is 5.14. The first-order valence-electron chi connectivity index (χ1n) is 8.05. The van der Waals surface area contributed by atoms with Crippen molar-refractivity contribution in [3.05, 3.63) is 47.3 Å². The molecule has 2 heterocycles. The average Bonchev–Trinajstić information content (AvgIpc) is 3.11. The first kappa shape index (κ1) is 16.6. The second-order valence-corrected chi connectivity index (χ2v) is 6.31. The molecule has 0 aliphatic carbocycles. The lowest BCUT2D eigenvalue weighted by Crippen LogP contribution is -2.38. The summed E-state index contributed by atoms with van der Waals surface area (Å²) >= 11 is 0. The van der Waals surface area contributed by atoms with Crippen molar-refractivity contribution in [2.45, 2.75) is 32.5 Å². The second kappa shape index (κ2) is 6.36. The molecule has 0 saturated carbocycles. The minimum Gasteiger partial charge on any atom is -0.467 e. The molecule has 1 atom stereocenters. The van der Waals surface area contributed by atoms with Crippen molar-refractivity contribution in [2.24, 2.45) is 0 Å². The van der Waals surface area contributed by atoms with E-state index >= 15 is 0 Å². The molecule has 128 valence electrons. The highest BCUT2D eigenvalue weighted by Crippen LogP contribution is 2.29. The lowest BCUT2D eigenvalue weighted by atomic mass is 10.1. The van der Waals surface area contributed by atoms with Crippen molar-refractivity contribution in [3.8, 4) is 5.69 Å². The van der Waals surface area contributed by atoms with Crippen LogP contribution < -0.4 is 0 Å². The minimum absolute atomic E-state index is 0.0646. The highest BCUT2D eigenvalue weighted by atomic mass is 19.1. The van der Waals surface area contributed by atoms with Gasteiger partial charge >= 0.3 is 5.97 Å². The number of esters is 1. The predicted octanol–water partition coefficient (Wildman–Crippen LogP) is 2.58. The smallest absolute Gasteiger partial charge is 0.345 e. The van der Waals surface area contributed by atoms with Gasteiger partial charge in [-0.25, -0.2) is 13.9 Å². The fraction of sp³-hybridized carbons (Fsp3) is 0.444. The Hall–Kier alpha value is -2.21. The first-order valence-corrected chi connectivity index (χ1v) is 8.05. The molecule has 24 heavy (non-hydrogen) atoms. The summed E-state index contributed by atoms with van der Waals surface area (Å²) in [6, 6.07) is 9.92. The number of halogens is 1. The van der Waals surface area contributed by atoms with Gasteiger partial charge in [-0.1, -0.05) is 18.2 Å². The van der Waals surface area contributed by atoms with E-state index < -0.39 is 11.6 Å². The van der Waals surface area contributed by atoms with Crippen LogP contribution in [0, 0.1) is 13.8 Å². The number of nitrogens with zero attached hydrogens (tertiary/aromatic N) is 3. The van der Waals surface area contributed by atoms with E-state index in [1.807, 2.05) is 53.8 Å². The number of benzene rings is 1. The van der Waals surface area contributed by atoms with Crippen LogP contribution >= 0.6 is 0 Å². The number of aromatic nitrogens is 2. The molecule has 0 bridgehead atoms. The lowest BCUT2D eigenvalue weighted by Gasteiger charge is -2.19. The van der Waals surface area contributed by atoms with Crippen LogP contribution in [0.2, 0.25) is 0 Å². The number of alkyl halides is 1. The van der Waals surface area contributed by atoms with Gasteiger partial charge in [-0.2, -0.15) is 5.10 Å². The fourth-order valence-corrected chi connectivity index (χ4v) is 3.28. The Bertz CT molecular complexity index is 744. The summed E-state index contributed by atoms with van der Waals surface area (Å²) in [5.74, 6) is -0.779. The van der Waals surface area contributed by atoms with Crippen LogP contribution in [0.4, 0.5) is 4.39 Å². The normalized spacial score (nSPS) is 21.2. The van der Waals surface area contributed by atoms with E-state index in [2.05, 4.69) is 9.84 Å². The molecule has 0 radical (unpaired) electrons. The van der Waals surface area contributed by atoms with E-state index in [0.717, 1.165) is 22.6 Å². The summed E-state index contributed by atoms with van der Waals surface area (Å²) in [7, 11) is 1.23. The molecule has 1 aliphatic heterocycles. The first-order chi connectivity index (χ1) is 11.4. The highest BCUT2D eigenvalue weighted by molar-refractivity contribution is 5.80. The molecule has 0 unspecified atom stereocenters. The van der Waals surface area contributed by atoms with E-state index in [4.69, 9.17) is 0 Å².